The first-order valence-corrected chi connectivity index (χ1v) is 10.8. The number of nitrogens with one attached hydrogen (secondary N) is 1. The molecule has 12 heteroatoms. The second-order valence-corrected chi connectivity index (χ2v) is 8.08. The normalized spacial score (nSPS) is 14.2. The van der Waals surface area contributed by atoms with Gasteiger partial charge in [-0.15, -0.1) is 11.3 Å². The zero-order valence-corrected chi connectivity index (χ0v) is 18.2. The maximum Gasteiger partial charge on any atom is 0.458 e. The van der Waals surface area contributed by atoms with Gasteiger partial charge in [-0.1, -0.05) is 13.0 Å². The summed E-state index contributed by atoms with van der Waals surface area (Å²) < 4.78 is 70.4. The predicted octanol–water partition coefficient (Wildman–Crippen LogP) is 5.42. The molecule has 0 aliphatic carbocycles. The number of anilines is 1. The highest BCUT2D eigenvalue weighted by molar-refractivity contribution is 7.93. The first-order chi connectivity index (χ1) is 14.3. The molecule has 5 nitrogen and oxygen atoms in total. The quantitative estimate of drug-likeness (QED) is 0.389. The summed E-state index contributed by atoms with van der Waals surface area (Å²) in [6.45, 7) is 2.85. The zero-order valence-electron chi connectivity index (χ0n) is 16.5. The number of alkyl halides is 5. The maximum atomic E-state index is 13.6. The monoisotopic (exact) mass is 482 g/mol. The van der Waals surface area contributed by atoms with E-state index in [1.54, 1.807) is 24.6 Å². The van der Waals surface area contributed by atoms with Gasteiger partial charge in [-0.2, -0.15) is 22.0 Å². The molecule has 1 aromatic carbocycles. The summed E-state index contributed by atoms with van der Waals surface area (Å²) in [5.74, 6) is -7.03. The molecule has 2 rings (SSSR count). The molecule has 31 heavy (non-hydrogen) atoms. The minimum atomic E-state index is -5.74. The lowest BCUT2D eigenvalue weighted by molar-refractivity contribution is -0.289. The molecule has 0 saturated carbocycles. The van der Waals surface area contributed by atoms with E-state index in [-0.39, 0.29) is 16.1 Å². The predicted molar refractivity (Wildman–Crippen MR) is 109 cm³/mol. The zero-order chi connectivity index (χ0) is 23.6. The van der Waals surface area contributed by atoms with E-state index in [1.165, 1.54) is 6.92 Å². The van der Waals surface area contributed by atoms with E-state index >= 15 is 0 Å². The summed E-state index contributed by atoms with van der Waals surface area (Å²) in [6.07, 6.45) is -4.91. The standard InChI is InChI=1S/C19H19F5N2O3S2/c1-9-8-11(18(20,21)19(22,23)24)4-5-13(9)26-17(28)15-12(6-7-31-15)14(29-30-3)10(2)16(25)27/h4-8,10,14H,1-3H3,(H2,25,27)(H,26,28). The van der Waals surface area contributed by atoms with Crippen molar-refractivity contribution in [2.45, 2.75) is 32.1 Å². The van der Waals surface area contributed by atoms with E-state index < -0.39 is 41.5 Å². The molecule has 1 heterocycles. The lowest BCUT2D eigenvalue weighted by Gasteiger charge is -2.22. The van der Waals surface area contributed by atoms with E-state index in [0.717, 1.165) is 29.4 Å². The van der Waals surface area contributed by atoms with Gasteiger partial charge in [0.15, 0.2) is 0 Å². The van der Waals surface area contributed by atoms with Crippen molar-refractivity contribution in [3.63, 3.8) is 0 Å². The molecule has 3 N–H and O–H groups in total. The molecule has 0 aliphatic rings. The fraction of sp³-hybridized carbons (Fsp3) is 0.368. The molecule has 170 valence electrons. The first-order valence-electron chi connectivity index (χ1n) is 8.74. The largest absolute Gasteiger partial charge is 0.458 e. The third kappa shape index (κ3) is 5.36. The van der Waals surface area contributed by atoms with Crippen LogP contribution >= 0.6 is 23.4 Å². The third-order valence-corrected chi connectivity index (χ3v) is 5.83. The molecular weight excluding hydrogens is 463 g/mol. The lowest BCUT2D eigenvalue weighted by Crippen LogP contribution is -2.33. The van der Waals surface area contributed by atoms with Crippen LogP contribution in [0.25, 0.3) is 0 Å². The Labute approximate surface area is 183 Å². The number of carbonyl (C=O) groups excluding carboxylic acids is 2. The summed E-state index contributed by atoms with van der Waals surface area (Å²) >= 11 is 2.04. The van der Waals surface area contributed by atoms with Gasteiger partial charge in [0, 0.05) is 23.1 Å². The highest BCUT2D eigenvalue weighted by Crippen LogP contribution is 2.44. The van der Waals surface area contributed by atoms with Gasteiger partial charge in [0.25, 0.3) is 5.91 Å². The van der Waals surface area contributed by atoms with E-state index in [0.29, 0.717) is 17.7 Å². The van der Waals surface area contributed by atoms with Crippen LogP contribution in [0.15, 0.2) is 29.6 Å². The highest BCUT2D eigenvalue weighted by atomic mass is 32.2. The minimum Gasteiger partial charge on any atom is -0.369 e. The Morgan fingerprint density at radius 3 is 2.35 bits per heavy atom. The van der Waals surface area contributed by atoms with E-state index in [4.69, 9.17) is 9.92 Å². The molecule has 2 unspecified atom stereocenters. The number of aryl methyl sites for hydroxylation is 1. The van der Waals surface area contributed by atoms with Crippen LogP contribution < -0.4 is 11.1 Å². The Morgan fingerprint density at radius 1 is 1.19 bits per heavy atom. The summed E-state index contributed by atoms with van der Waals surface area (Å²) in [6, 6.07) is 3.87. The van der Waals surface area contributed by atoms with Crippen molar-refractivity contribution < 1.29 is 35.7 Å². The van der Waals surface area contributed by atoms with Crippen molar-refractivity contribution in [3.8, 4) is 0 Å². The Morgan fingerprint density at radius 2 is 1.84 bits per heavy atom. The van der Waals surface area contributed by atoms with Crippen LogP contribution in [0.5, 0.6) is 0 Å². The van der Waals surface area contributed by atoms with E-state index in [1.807, 2.05) is 0 Å². The van der Waals surface area contributed by atoms with Crippen LogP contribution in [-0.4, -0.2) is 24.2 Å². The van der Waals surface area contributed by atoms with Crippen LogP contribution in [0, 0.1) is 12.8 Å². The molecule has 1 aromatic heterocycles. The van der Waals surface area contributed by atoms with Gasteiger partial charge in [-0.25, -0.2) is 0 Å². The van der Waals surface area contributed by atoms with Crippen molar-refractivity contribution in [1.82, 2.24) is 0 Å². The number of benzene rings is 1. The number of halogens is 5. The van der Waals surface area contributed by atoms with E-state index in [2.05, 4.69) is 5.32 Å². The van der Waals surface area contributed by atoms with Crippen molar-refractivity contribution in [3.05, 3.63) is 51.2 Å². The molecule has 2 amide bonds. The van der Waals surface area contributed by atoms with Gasteiger partial charge >= 0.3 is 12.1 Å². The smallest absolute Gasteiger partial charge is 0.369 e. The van der Waals surface area contributed by atoms with Crippen LogP contribution in [0.1, 0.15) is 39.4 Å². The van der Waals surface area contributed by atoms with Crippen molar-refractivity contribution >= 4 is 40.9 Å². The van der Waals surface area contributed by atoms with Crippen LogP contribution in [0.3, 0.4) is 0 Å². The number of hydrogen-bond donors (Lipinski definition) is 2. The number of rotatable bonds is 8. The summed E-state index contributed by atoms with van der Waals surface area (Å²) in [4.78, 5) is 24.6. The Kier molecular flexibility index (Phi) is 7.71. The van der Waals surface area contributed by atoms with Gasteiger partial charge in [0.1, 0.15) is 6.10 Å². The number of hydrogen-bond acceptors (Lipinski definition) is 5. The number of nitrogens with two attached hydrogens (primary N) is 1. The minimum absolute atomic E-state index is 0.0234. The van der Waals surface area contributed by atoms with Crippen molar-refractivity contribution in [2.24, 2.45) is 11.7 Å². The van der Waals surface area contributed by atoms with Crippen molar-refractivity contribution in [1.29, 1.82) is 0 Å². The van der Waals surface area contributed by atoms with E-state index in [9.17, 15) is 31.5 Å². The molecule has 0 aliphatic heterocycles. The van der Waals surface area contributed by atoms with Crippen LogP contribution in [0.4, 0.5) is 27.6 Å². The Bertz CT molecular complexity index is 962. The molecule has 0 fully saturated rings. The lowest BCUT2D eigenvalue weighted by atomic mass is 9.97. The molecule has 0 saturated heterocycles. The molecule has 0 spiro atoms. The van der Waals surface area contributed by atoms with Gasteiger partial charge < -0.3 is 15.2 Å². The van der Waals surface area contributed by atoms with Crippen molar-refractivity contribution in [2.75, 3.05) is 11.6 Å². The van der Waals surface area contributed by atoms with Gasteiger partial charge in [0.05, 0.1) is 10.8 Å². The van der Waals surface area contributed by atoms with Crippen LogP contribution in [-0.2, 0) is 14.9 Å². The van der Waals surface area contributed by atoms with Crippen LogP contribution in [0.2, 0.25) is 0 Å². The fourth-order valence-corrected chi connectivity index (χ4v) is 4.03. The van der Waals surface area contributed by atoms with Gasteiger partial charge in [-0.3, -0.25) is 9.59 Å². The molecule has 2 atom stereocenters. The number of carbonyl (C=O) groups is 2. The van der Waals surface area contributed by atoms with Gasteiger partial charge in [0.2, 0.25) is 5.91 Å². The average Bonchev–Trinajstić information content (AvgIpc) is 3.15. The topological polar surface area (TPSA) is 81.4 Å². The molecular formula is C19H19F5N2O3S2. The Hall–Kier alpha value is -2.18. The molecule has 0 bridgehead atoms. The number of amides is 2. The highest BCUT2D eigenvalue weighted by Gasteiger charge is 2.58. The second kappa shape index (κ2) is 9.53. The third-order valence-electron chi connectivity index (χ3n) is 4.50. The SMILES string of the molecule is CSOC(c1ccsc1C(=O)Nc1ccc(C(F)(F)C(F)(F)F)cc1C)C(C)C(N)=O. The van der Waals surface area contributed by atoms with Gasteiger partial charge in [-0.05, 0) is 48.1 Å². The fourth-order valence-electron chi connectivity index (χ4n) is 2.73. The number of thiophene rings is 1. The summed E-state index contributed by atoms with van der Waals surface area (Å²) in [5.41, 5.74) is 4.62. The summed E-state index contributed by atoms with van der Waals surface area (Å²) in [5, 5.41) is 4.11. The number of primary amides is 1. The molecule has 2 aromatic rings. The summed E-state index contributed by atoms with van der Waals surface area (Å²) in [7, 11) is 0. The first kappa shape index (κ1) is 25.1. The Balaban J connectivity index is 2.31. The maximum absolute atomic E-state index is 13.6. The molecule has 0 radical (unpaired) electrons. The average molecular weight is 482 g/mol. The second-order valence-electron chi connectivity index (χ2n) is 6.64.